The van der Waals surface area contributed by atoms with Crippen molar-refractivity contribution in [2.45, 2.75) is 51.4 Å². The second kappa shape index (κ2) is 8.67. The number of hydrogen-bond acceptors (Lipinski definition) is 6. The lowest BCUT2D eigenvalue weighted by atomic mass is 10.1. The summed E-state index contributed by atoms with van der Waals surface area (Å²) >= 11 is 0. The number of benzene rings is 1. The maximum absolute atomic E-state index is 12.3. The lowest BCUT2D eigenvalue weighted by Crippen LogP contribution is -2.46. The molecule has 1 saturated carbocycles. The van der Waals surface area contributed by atoms with Crippen molar-refractivity contribution in [3.05, 3.63) is 33.9 Å². The van der Waals surface area contributed by atoms with Gasteiger partial charge in [0, 0.05) is 43.9 Å². The number of amides is 1. The molecule has 0 bridgehead atoms. The van der Waals surface area contributed by atoms with Crippen LogP contribution in [0, 0.1) is 10.1 Å². The molecule has 8 heteroatoms. The molecule has 3 rings (SSSR count). The minimum absolute atomic E-state index is 0.0501. The molecule has 2 aliphatic rings. The van der Waals surface area contributed by atoms with Crippen LogP contribution in [0.4, 0.5) is 11.4 Å². The average molecular weight is 376 g/mol. The summed E-state index contributed by atoms with van der Waals surface area (Å²) in [7, 11) is 0. The first-order valence-corrected chi connectivity index (χ1v) is 9.63. The number of ether oxygens (including phenoxy) is 1. The number of nitro groups is 1. The van der Waals surface area contributed by atoms with Gasteiger partial charge in [-0.3, -0.25) is 19.8 Å². The molecule has 1 aromatic carbocycles. The van der Waals surface area contributed by atoms with Gasteiger partial charge in [-0.15, -0.1) is 0 Å². The van der Waals surface area contributed by atoms with Gasteiger partial charge in [-0.1, -0.05) is 0 Å². The Labute approximate surface area is 159 Å². The maximum Gasteiger partial charge on any atom is 0.293 e. The Bertz CT molecular complexity index is 682. The number of anilines is 1. The van der Waals surface area contributed by atoms with Crippen LogP contribution in [0.15, 0.2) is 18.2 Å². The summed E-state index contributed by atoms with van der Waals surface area (Å²) in [4.78, 5) is 25.5. The topological polar surface area (TPSA) is 96.7 Å². The van der Waals surface area contributed by atoms with Gasteiger partial charge < -0.3 is 15.4 Å². The van der Waals surface area contributed by atoms with E-state index in [1.807, 2.05) is 0 Å². The molecule has 1 aromatic rings. The number of hydrogen-bond donors (Lipinski definition) is 2. The average Bonchev–Trinajstić information content (AvgIpc) is 3.42. The van der Waals surface area contributed by atoms with Crippen LogP contribution in [-0.4, -0.2) is 60.2 Å². The first kappa shape index (κ1) is 19.6. The summed E-state index contributed by atoms with van der Waals surface area (Å²) < 4.78 is 5.72. The van der Waals surface area contributed by atoms with E-state index in [0.717, 1.165) is 38.9 Å². The first-order chi connectivity index (χ1) is 12.9. The maximum atomic E-state index is 12.3. The van der Waals surface area contributed by atoms with E-state index in [2.05, 4.69) is 29.4 Å². The minimum atomic E-state index is -0.442. The van der Waals surface area contributed by atoms with E-state index in [9.17, 15) is 14.9 Å². The zero-order valence-corrected chi connectivity index (χ0v) is 15.9. The molecule has 27 heavy (non-hydrogen) atoms. The zero-order valence-electron chi connectivity index (χ0n) is 15.9. The van der Waals surface area contributed by atoms with Crippen LogP contribution in [0.3, 0.4) is 0 Å². The molecular formula is C19H28N4O4. The van der Waals surface area contributed by atoms with E-state index in [4.69, 9.17) is 4.74 Å². The zero-order chi connectivity index (χ0) is 19.4. The number of carbonyl (C=O) groups is 1. The highest BCUT2D eigenvalue weighted by molar-refractivity contribution is 5.95. The van der Waals surface area contributed by atoms with Crippen molar-refractivity contribution in [3.8, 4) is 0 Å². The molecule has 0 radical (unpaired) electrons. The molecule has 1 aliphatic carbocycles. The van der Waals surface area contributed by atoms with Gasteiger partial charge in [0.25, 0.3) is 11.6 Å². The monoisotopic (exact) mass is 376 g/mol. The standard InChI is InChI=1S/C19H28N4O4/c1-13-11-22(12-14(2)27-13)9-3-8-20-19(24)15-4-7-17(21-16-5-6-16)18(10-15)23(25)26/h4,7,10,13-14,16,21H,3,5-6,8-9,11-12H2,1-2H3,(H,20,24)/t13-,14-/m0/s1. The van der Waals surface area contributed by atoms with Crippen molar-refractivity contribution in [2.75, 3.05) is 31.5 Å². The highest BCUT2D eigenvalue weighted by atomic mass is 16.6. The van der Waals surface area contributed by atoms with E-state index in [1.54, 1.807) is 12.1 Å². The highest BCUT2D eigenvalue weighted by Crippen LogP contribution is 2.31. The van der Waals surface area contributed by atoms with Crippen LogP contribution in [0.5, 0.6) is 0 Å². The summed E-state index contributed by atoms with van der Waals surface area (Å²) in [5, 5.41) is 17.3. The third-order valence-electron chi connectivity index (χ3n) is 4.83. The summed E-state index contributed by atoms with van der Waals surface area (Å²) in [5.41, 5.74) is 0.747. The highest BCUT2D eigenvalue weighted by Gasteiger charge is 2.25. The number of morpholine rings is 1. The van der Waals surface area contributed by atoms with Crippen molar-refractivity contribution in [2.24, 2.45) is 0 Å². The molecular weight excluding hydrogens is 348 g/mol. The molecule has 2 atom stereocenters. The van der Waals surface area contributed by atoms with Gasteiger partial charge in [0.05, 0.1) is 17.1 Å². The van der Waals surface area contributed by atoms with Gasteiger partial charge in [-0.05, 0) is 45.2 Å². The van der Waals surface area contributed by atoms with E-state index < -0.39 is 4.92 Å². The summed E-state index contributed by atoms with van der Waals surface area (Å²) in [6.07, 6.45) is 3.34. The van der Waals surface area contributed by atoms with Crippen LogP contribution in [-0.2, 0) is 4.74 Å². The fraction of sp³-hybridized carbons (Fsp3) is 0.632. The number of nitro benzene ring substituents is 1. The predicted molar refractivity (Wildman–Crippen MR) is 103 cm³/mol. The quantitative estimate of drug-likeness (QED) is 0.411. The summed E-state index contributed by atoms with van der Waals surface area (Å²) in [5.74, 6) is -0.278. The molecule has 0 spiro atoms. The molecule has 8 nitrogen and oxygen atoms in total. The summed E-state index contributed by atoms with van der Waals surface area (Å²) in [6.45, 7) is 7.37. The molecule has 0 unspecified atom stereocenters. The van der Waals surface area contributed by atoms with Crippen LogP contribution >= 0.6 is 0 Å². The second-order valence-electron chi connectivity index (χ2n) is 7.53. The Hall–Kier alpha value is -2.19. The van der Waals surface area contributed by atoms with Crippen molar-refractivity contribution in [3.63, 3.8) is 0 Å². The largest absolute Gasteiger partial charge is 0.377 e. The molecule has 2 fully saturated rings. The normalized spacial score (nSPS) is 23.0. The van der Waals surface area contributed by atoms with E-state index >= 15 is 0 Å². The van der Waals surface area contributed by atoms with Gasteiger partial charge in [0.2, 0.25) is 0 Å². The second-order valence-corrected chi connectivity index (χ2v) is 7.53. The van der Waals surface area contributed by atoms with E-state index in [1.165, 1.54) is 6.07 Å². The Balaban J connectivity index is 1.48. The first-order valence-electron chi connectivity index (χ1n) is 9.63. The third-order valence-corrected chi connectivity index (χ3v) is 4.83. The predicted octanol–water partition coefficient (Wildman–Crippen LogP) is 2.40. The molecule has 1 saturated heterocycles. The SMILES string of the molecule is C[C@H]1CN(CCCNC(=O)c2ccc(NC3CC3)c([N+](=O)[O-])c2)C[C@H](C)O1. The Morgan fingerprint density at radius 1 is 1.30 bits per heavy atom. The van der Waals surface area contributed by atoms with Gasteiger partial charge in [0.15, 0.2) is 0 Å². The lowest BCUT2D eigenvalue weighted by molar-refractivity contribution is -0.384. The van der Waals surface area contributed by atoms with Gasteiger partial charge in [0.1, 0.15) is 5.69 Å². The van der Waals surface area contributed by atoms with Crippen molar-refractivity contribution < 1.29 is 14.5 Å². The molecule has 1 aliphatic heterocycles. The van der Waals surface area contributed by atoms with E-state index in [-0.39, 0.29) is 23.8 Å². The fourth-order valence-corrected chi connectivity index (χ4v) is 3.47. The number of nitrogens with zero attached hydrogens (tertiary/aromatic N) is 2. The van der Waals surface area contributed by atoms with Crippen LogP contribution < -0.4 is 10.6 Å². The van der Waals surface area contributed by atoms with Gasteiger partial charge in [-0.2, -0.15) is 0 Å². The number of nitrogens with one attached hydrogen (secondary N) is 2. The Kier molecular flexibility index (Phi) is 6.28. The van der Waals surface area contributed by atoms with Crippen LogP contribution in [0.2, 0.25) is 0 Å². The molecule has 1 amide bonds. The van der Waals surface area contributed by atoms with Crippen LogP contribution in [0.25, 0.3) is 0 Å². The van der Waals surface area contributed by atoms with E-state index in [0.29, 0.717) is 23.8 Å². The lowest BCUT2D eigenvalue weighted by Gasteiger charge is -2.35. The van der Waals surface area contributed by atoms with Gasteiger partial charge >= 0.3 is 0 Å². The van der Waals surface area contributed by atoms with Crippen molar-refractivity contribution in [1.29, 1.82) is 0 Å². The minimum Gasteiger partial charge on any atom is -0.377 e. The fourth-order valence-electron chi connectivity index (χ4n) is 3.47. The van der Waals surface area contributed by atoms with Gasteiger partial charge in [-0.25, -0.2) is 0 Å². The third kappa shape index (κ3) is 5.64. The molecule has 1 heterocycles. The van der Waals surface area contributed by atoms with Crippen molar-refractivity contribution in [1.82, 2.24) is 10.2 Å². The van der Waals surface area contributed by atoms with Crippen molar-refractivity contribution >= 4 is 17.3 Å². The summed E-state index contributed by atoms with van der Waals surface area (Å²) in [6, 6.07) is 4.93. The van der Waals surface area contributed by atoms with Crippen LogP contribution in [0.1, 0.15) is 43.5 Å². The molecule has 2 N–H and O–H groups in total. The molecule has 0 aromatic heterocycles. The number of rotatable bonds is 8. The Morgan fingerprint density at radius 3 is 2.63 bits per heavy atom. The Morgan fingerprint density at radius 2 is 2.00 bits per heavy atom. The smallest absolute Gasteiger partial charge is 0.293 e. The molecule has 148 valence electrons. The number of carbonyl (C=O) groups excluding carboxylic acids is 1.